The molecule has 0 N–H and O–H groups in total. The van der Waals surface area contributed by atoms with E-state index in [2.05, 4.69) is 14.2 Å². The smallest absolute Gasteiger partial charge is 0.333 e. The Bertz CT molecular complexity index is 281. The van der Waals surface area contributed by atoms with Crippen LogP contribution < -0.4 is 0 Å². The van der Waals surface area contributed by atoms with E-state index in [1.54, 1.807) is 0 Å². The van der Waals surface area contributed by atoms with Crippen LogP contribution in [0.4, 0.5) is 0 Å². The highest BCUT2D eigenvalue weighted by Crippen LogP contribution is 1.92. The highest BCUT2D eigenvalue weighted by molar-refractivity contribution is 5.91. The van der Waals surface area contributed by atoms with Crippen LogP contribution in [0.25, 0.3) is 0 Å². The molecule has 90 valence electrons. The van der Waals surface area contributed by atoms with E-state index in [0.717, 1.165) is 12.2 Å². The molecule has 0 spiro atoms. The summed E-state index contributed by atoms with van der Waals surface area (Å²) in [4.78, 5) is 32.3. The van der Waals surface area contributed by atoms with E-state index in [4.69, 9.17) is 0 Å². The normalized spacial score (nSPS) is 9.88. The zero-order chi connectivity index (χ0) is 12.4. The third-order valence-corrected chi connectivity index (χ3v) is 1.43. The van der Waals surface area contributed by atoms with E-state index in [1.807, 2.05) is 6.92 Å². The molecule has 0 aromatic carbocycles. The molecule has 16 heavy (non-hydrogen) atoms. The Morgan fingerprint density at radius 3 is 2.25 bits per heavy atom. The Labute approximate surface area is 93.2 Å². The predicted molar refractivity (Wildman–Crippen MR) is 53.1 cm³/mol. The largest absolute Gasteiger partial charge is 0.466 e. The lowest BCUT2D eigenvalue weighted by Crippen LogP contribution is -2.11. The van der Waals surface area contributed by atoms with Crippen LogP contribution in [0, 0.1) is 0 Å². The molecule has 0 saturated heterocycles. The zero-order valence-electron chi connectivity index (χ0n) is 9.23. The van der Waals surface area contributed by atoms with E-state index in [-0.39, 0.29) is 6.42 Å². The molecule has 0 aliphatic rings. The van der Waals surface area contributed by atoms with Gasteiger partial charge in [-0.15, -0.1) is 0 Å². The lowest BCUT2D eigenvalue weighted by molar-refractivity contribution is -0.164. The summed E-state index contributed by atoms with van der Waals surface area (Å²) in [6, 6.07) is 0. The third kappa shape index (κ3) is 7.54. The molecule has 0 unspecified atom stereocenters. The van der Waals surface area contributed by atoms with Gasteiger partial charge in [-0.25, -0.2) is 9.59 Å². The van der Waals surface area contributed by atoms with E-state index >= 15 is 0 Å². The number of ether oxygens (including phenoxy) is 3. The lowest BCUT2D eigenvalue weighted by atomic mass is 10.3. The second kappa shape index (κ2) is 8.46. The van der Waals surface area contributed by atoms with Crippen molar-refractivity contribution in [3.63, 3.8) is 0 Å². The van der Waals surface area contributed by atoms with Crippen molar-refractivity contribution in [3.05, 3.63) is 12.2 Å². The number of rotatable bonds is 6. The number of hydrogen-bond donors (Lipinski definition) is 0. The van der Waals surface area contributed by atoms with Gasteiger partial charge in [-0.2, -0.15) is 0 Å². The van der Waals surface area contributed by atoms with Gasteiger partial charge in [-0.05, 0) is 6.42 Å². The Hall–Kier alpha value is -1.85. The summed E-state index contributed by atoms with van der Waals surface area (Å²) >= 11 is 0. The van der Waals surface area contributed by atoms with Gasteiger partial charge in [0.1, 0.15) is 0 Å². The van der Waals surface area contributed by atoms with Gasteiger partial charge in [-0.1, -0.05) is 6.92 Å². The maximum absolute atomic E-state index is 10.9. The molecule has 0 heterocycles. The first-order chi connectivity index (χ1) is 7.60. The first-order valence-corrected chi connectivity index (χ1v) is 4.68. The molecule has 0 aromatic rings. The average molecular weight is 230 g/mol. The van der Waals surface area contributed by atoms with E-state index in [0.29, 0.717) is 6.42 Å². The van der Waals surface area contributed by atoms with Crippen LogP contribution in [0.1, 0.15) is 19.8 Å². The van der Waals surface area contributed by atoms with Crippen molar-refractivity contribution >= 4 is 17.9 Å². The zero-order valence-corrected chi connectivity index (χ0v) is 9.23. The van der Waals surface area contributed by atoms with Crippen LogP contribution in [0.5, 0.6) is 0 Å². The minimum absolute atomic E-state index is 0.273. The Morgan fingerprint density at radius 1 is 1.06 bits per heavy atom. The fourth-order valence-corrected chi connectivity index (χ4v) is 0.682. The van der Waals surface area contributed by atoms with Crippen molar-refractivity contribution in [2.24, 2.45) is 0 Å². The molecule has 0 aliphatic carbocycles. The van der Waals surface area contributed by atoms with Crippen molar-refractivity contribution in [2.75, 3.05) is 13.9 Å². The summed E-state index contributed by atoms with van der Waals surface area (Å²) in [5.74, 6) is -1.89. The van der Waals surface area contributed by atoms with Gasteiger partial charge in [0.2, 0.25) is 6.79 Å². The summed E-state index contributed by atoms with van der Waals surface area (Å²) < 4.78 is 13.3. The standard InChI is InChI=1S/C10H14O6/c1-3-4-9(12)15-7-16-10(13)6-5-8(11)14-2/h5-6H,3-4,7H2,1-2H3/b6-5+. The van der Waals surface area contributed by atoms with E-state index in [1.165, 1.54) is 7.11 Å². The first-order valence-electron chi connectivity index (χ1n) is 4.68. The molecular formula is C10H14O6. The Morgan fingerprint density at radius 2 is 1.69 bits per heavy atom. The topological polar surface area (TPSA) is 78.9 Å². The molecule has 0 amide bonds. The highest BCUT2D eigenvalue weighted by Gasteiger charge is 2.03. The maximum atomic E-state index is 10.9. The van der Waals surface area contributed by atoms with Gasteiger partial charge in [0.25, 0.3) is 0 Å². The van der Waals surface area contributed by atoms with Crippen LogP contribution in [0.3, 0.4) is 0 Å². The van der Waals surface area contributed by atoms with Gasteiger partial charge in [-0.3, -0.25) is 4.79 Å². The van der Waals surface area contributed by atoms with E-state index in [9.17, 15) is 14.4 Å². The fourth-order valence-electron chi connectivity index (χ4n) is 0.682. The fraction of sp³-hybridized carbons (Fsp3) is 0.500. The van der Waals surface area contributed by atoms with Gasteiger partial charge >= 0.3 is 17.9 Å². The molecule has 0 fully saturated rings. The Balaban J connectivity index is 3.70. The van der Waals surface area contributed by atoms with Crippen LogP contribution >= 0.6 is 0 Å². The number of methoxy groups -OCH3 is 1. The Kier molecular flexibility index (Phi) is 7.48. The number of esters is 3. The van der Waals surface area contributed by atoms with Gasteiger partial charge in [0, 0.05) is 18.6 Å². The number of carbonyl (C=O) groups excluding carboxylic acids is 3. The molecular weight excluding hydrogens is 216 g/mol. The number of hydrogen-bond acceptors (Lipinski definition) is 6. The SMILES string of the molecule is CCCC(=O)OCOC(=O)/C=C/C(=O)OC. The van der Waals surface area contributed by atoms with Crippen molar-refractivity contribution in [1.82, 2.24) is 0 Å². The second-order valence-electron chi connectivity index (χ2n) is 2.70. The molecule has 6 heteroatoms. The number of carbonyl (C=O) groups is 3. The van der Waals surface area contributed by atoms with Gasteiger partial charge < -0.3 is 14.2 Å². The summed E-state index contributed by atoms with van der Waals surface area (Å²) in [5.41, 5.74) is 0. The minimum Gasteiger partial charge on any atom is -0.466 e. The summed E-state index contributed by atoms with van der Waals surface area (Å²) in [6.45, 7) is 1.37. The predicted octanol–water partition coefficient (Wildman–Crippen LogP) is 0.560. The summed E-state index contributed by atoms with van der Waals surface area (Å²) in [6.07, 6.45) is 2.74. The molecule has 0 aliphatic heterocycles. The highest BCUT2D eigenvalue weighted by atomic mass is 16.7. The quantitative estimate of drug-likeness (QED) is 0.377. The third-order valence-electron chi connectivity index (χ3n) is 1.43. The maximum Gasteiger partial charge on any atom is 0.333 e. The second-order valence-corrected chi connectivity index (χ2v) is 2.70. The molecule has 6 nitrogen and oxygen atoms in total. The van der Waals surface area contributed by atoms with Crippen LogP contribution in [0.15, 0.2) is 12.2 Å². The summed E-state index contributed by atoms with van der Waals surface area (Å²) in [7, 11) is 1.19. The van der Waals surface area contributed by atoms with Crippen molar-refractivity contribution in [2.45, 2.75) is 19.8 Å². The summed E-state index contributed by atoms with van der Waals surface area (Å²) in [5, 5.41) is 0. The van der Waals surface area contributed by atoms with Crippen molar-refractivity contribution in [1.29, 1.82) is 0 Å². The van der Waals surface area contributed by atoms with E-state index < -0.39 is 24.7 Å². The minimum atomic E-state index is -0.783. The van der Waals surface area contributed by atoms with Crippen molar-refractivity contribution in [3.8, 4) is 0 Å². The van der Waals surface area contributed by atoms with Gasteiger partial charge in [0.15, 0.2) is 0 Å². The molecule has 0 aromatic heterocycles. The average Bonchev–Trinajstić information content (AvgIpc) is 2.26. The molecule has 0 saturated carbocycles. The van der Waals surface area contributed by atoms with Crippen LogP contribution in [-0.2, 0) is 28.6 Å². The van der Waals surface area contributed by atoms with Crippen LogP contribution in [-0.4, -0.2) is 31.8 Å². The molecule has 0 atom stereocenters. The molecule has 0 radical (unpaired) electrons. The lowest BCUT2D eigenvalue weighted by Gasteiger charge is -2.03. The van der Waals surface area contributed by atoms with Gasteiger partial charge in [0.05, 0.1) is 7.11 Å². The van der Waals surface area contributed by atoms with Crippen molar-refractivity contribution < 1.29 is 28.6 Å². The van der Waals surface area contributed by atoms with Crippen LogP contribution in [0.2, 0.25) is 0 Å². The first kappa shape index (κ1) is 14.2. The monoisotopic (exact) mass is 230 g/mol. The molecule has 0 bridgehead atoms. The molecule has 0 rings (SSSR count).